The van der Waals surface area contributed by atoms with Crippen molar-refractivity contribution in [2.24, 2.45) is 4.40 Å². The normalized spacial score (nSPS) is 17.9. The SMILES string of the molecule is O=C(NC1CCCCC1)C(c1ccc(Br)cc1)N(Cc1ccco1)C1=NS(=O)(=O)c2ccccc21. The highest BCUT2D eigenvalue weighted by molar-refractivity contribution is 9.10. The summed E-state index contributed by atoms with van der Waals surface area (Å²) in [7, 11) is -3.88. The van der Waals surface area contributed by atoms with Crippen LogP contribution in [0, 0.1) is 0 Å². The largest absolute Gasteiger partial charge is 0.467 e. The molecule has 1 aromatic heterocycles. The third-order valence-corrected chi connectivity index (χ3v) is 8.34. The van der Waals surface area contributed by atoms with Crippen molar-refractivity contribution >= 4 is 37.7 Å². The molecule has 182 valence electrons. The van der Waals surface area contributed by atoms with Crippen molar-refractivity contribution < 1.29 is 17.6 Å². The number of amides is 1. The van der Waals surface area contributed by atoms with Crippen LogP contribution in [0.4, 0.5) is 0 Å². The number of carbonyl (C=O) groups excluding carboxylic acids is 1. The molecule has 1 aliphatic carbocycles. The number of amidine groups is 1. The summed E-state index contributed by atoms with van der Waals surface area (Å²) in [6.45, 7) is 0.175. The summed E-state index contributed by atoms with van der Waals surface area (Å²) in [4.78, 5) is 15.8. The zero-order valence-corrected chi connectivity index (χ0v) is 21.5. The minimum atomic E-state index is -3.88. The van der Waals surface area contributed by atoms with Crippen molar-refractivity contribution in [1.29, 1.82) is 0 Å². The van der Waals surface area contributed by atoms with E-state index in [-0.39, 0.29) is 29.2 Å². The second-order valence-electron chi connectivity index (χ2n) is 8.89. The van der Waals surface area contributed by atoms with E-state index in [0.29, 0.717) is 11.3 Å². The highest BCUT2D eigenvalue weighted by Gasteiger charge is 2.38. The minimum Gasteiger partial charge on any atom is -0.467 e. The molecule has 0 saturated heterocycles. The lowest BCUT2D eigenvalue weighted by Gasteiger charge is -2.34. The van der Waals surface area contributed by atoms with Crippen molar-refractivity contribution in [3.8, 4) is 0 Å². The number of sulfonamides is 1. The molecule has 1 aliphatic heterocycles. The molecule has 2 aromatic carbocycles. The summed E-state index contributed by atoms with van der Waals surface area (Å²) in [6.07, 6.45) is 6.79. The van der Waals surface area contributed by atoms with Crippen LogP contribution in [0.5, 0.6) is 0 Å². The molecule has 5 rings (SSSR count). The molecule has 9 heteroatoms. The predicted molar refractivity (Wildman–Crippen MR) is 136 cm³/mol. The second-order valence-corrected chi connectivity index (χ2v) is 11.4. The fourth-order valence-corrected chi connectivity index (χ4v) is 6.28. The molecule has 7 nitrogen and oxygen atoms in total. The van der Waals surface area contributed by atoms with Gasteiger partial charge >= 0.3 is 0 Å². The van der Waals surface area contributed by atoms with Crippen molar-refractivity contribution in [2.75, 3.05) is 0 Å². The lowest BCUT2D eigenvalue weighted by atomic mass is 9.94. The maximum absolute atomic E-state index is 13.9. The molecule has 1 amide bonds. The molecule has 0 spiro atoms. The summed E-state index contributed by atoms with van der Waals surface area (Å²) < 4.78 is 36.5. The van der Waals surface area contributed by atoms with Crippen LogP contribution in [-0.4, -0.2) is 31.1 Å². The molecule has 1 N–H and O–H groups in total. The predicted octanol–water partition coefficient (Wildman–Crippen LogP) is 5.18. The Bertz CT molecular complexity index is 1330. The van der Waals surface area contributed by atoms with Gasteiger partial charge < -0.3 is 14.6 Å². The Kier molecular flexibility index (Phi) is 6.80. The van der Waals surface area contributed by atoms with Crippen LogP contribution in [0.2, 0.25) is 0 Å². The standard InChI is InChI=1S/C26H26BrN3O4S/c27-19-14-12-18(13-15-19)24(26(31)28-20-7-2-1-3-8-20)30(17-21-9-6-16-34-21)25-22-10-4-5-11-23(22)35(32,33)29-25/h4-6,9-16,20,24H,1-3,7-8,17H2,(H,28,31). The maximum atomic E-state index is 13.9. The topological polar surface area (TPSA) is 92.0 Å². The van der Waals surface area contributed by atoms with E-state index in [0.717, 1.165) is 35.7 Å². The first-order chi connectivity index (χ1) is 16.9. The molecule has 0 radical (unpaired) electrons. The smallest absolute Gasteiger partial charge is 0.285 e. The van der Waals surface area contributed by atoms with E-state index in [1.807, 2.05) is 24.3 Å². The zero-order chi connectivity index (χ0) is 24.4. The van der Waals surface area contributed by atoms with Crippen LogP contribution >= 0.6 is 15.9 Å². The van der Waals surface area contributed by atoms with Gasteiger partial charge in [-0.15, -0.1) is 4.40 Å². The second kappa shape index (κ2) is 9.99. The number of furan rings is 1. The highest BCUT2D eigenvalue weighted by atomic mass is 79.9. The van der Waals surface area contributed by atoms with Crippen LogP contribution in [0.25, 0.3) is 0 Å². The first kappa shape index (κ1) is 23.8. The van der Waals surface area contributed by atoms with E-state index in [1.165, 1.54) is 6.42 Å². The molecule has 1 unspecified atom stereocenters. The van der Waals surface area contributed by atoms with Crippen LogP contribution in [0.15, 0.2) is 85.1 Å². The maximum Gasteiger partial charge on any atom is 0.285 e. The highest BCUT2D eigenvalue weighted by Crippen LogP contribution is 2.34. The van der Waals surface area contributed by atoms with Gasteiger partial charge in [0.25, 0.3) is 10.0 Å². The molecular weight excluding hydrogens is 530 g/mol. The fourth-order valence-electron chi connectivity index (χ4n) is 4.80. The quantitative estimate of drug-likeness (QED) is 0.452. The van der Waals surface area contributed by atoms with Gasteiger partial charge in [-0.2, -0.15) is 8.42 Å². The molecule has 1 atom stereocenters. The summed E-state index contributed by atoms with van der Waals surface area (Å²) in [5, 5.41) is 3.23. The lowest BCUT2D eigenvalue weighted by Crippen LogP contribution is -2.46. The van der Waals surface area contributed by atoms with Gasteiger partial charge in [-0.05, 0) is 54.8 Å². The summed E-state index contributed by atoms with van der Waals surface area (Å²) in [5.41, 5.74) is 1.21. The van der Waals surface area contributed by atoms with Gasteiger partial charge in [0.15, 0.2) is 5.84 Å². The van der Waals surface area contributed by atoms with Gasteiger partial charge in [-0.1, -0.05) is 59.5 Å². The number of hydrogen-bond acceptors (Lipinski definition) is 5. The lowest BCUT2D eigenvalue weighted by molar-refractivity contribution is -0.126. The average Bonchev–Trinajstić information content (AvgIpc) is 3.46. The fraction of sp³-hybridized carbons (Fsp3) is 0.308. The van der Waals surface area contributed by atoms with Gasteiger partial charge in [0, 0.05) is 16.1 Å². The van der Waals surface area contributed by atoms with Crippen LogP contribution in [0.1, 0.15) is 55.0 Å². The first-order valence-electron chi connectivity index (χ1n) is 11.7. The van der Waals surface area contributed by atoms with E-state index >= 15 is 0 Å². The molecule has 2 heterocycles. The Morgan fingerprint density at radius 3 is 2.51 bits per heavy atom. The Hall–Kier alpha value is -2.91. The van der Waals surface area contributed by atoms with Crippen LogP contribution in [0.3, 0.4) is 0 Å². The van der Waals surface area contributed by atoms with Crippen molar-refractivity contribution in [3.63, 3.8) is 0 Å². The molecule has 2 aliphatic rings. The summed E-state index contributed by atoms with van der Waals surface area (Å²) in [6, 6.07) is 17.1. The van der Waals surface area contributed by atoms with E-state index in [2.05, 4.69) is 25.6 Å². The van der Waals surface area contributed by atoms with Crippen LogP contribution < -0.4 is 5.32 Å². The molecule has 35 heavy (non-hydrogen) atoms. The first-order valence-corrected chi connectivity index (χ1v) is 13.9. The van der Waals surface area contributed by atoms with Gasteiger partial charge in [-0.3, -0.25) is 4.79 Å². The van der Waals surface area contributed by atoms with E-state index in [4.69, 9.17) is 4.42 Å². The molecule has 1 saturated carbocycles. The van der Waals surface area contributed by atoms with Gasteiger partial charge in [-0.25, -0.2) is 0 Å². The van der Waals surface area contributed by atoms with Crippen LogP contribution in [-0.2, 0) is 21.4 Å². The molecular formula is C26H26BrN3O4S. The number of benzene rings is 2. The Morgan fingerprint density at radius 1 is 1.06 bits per heavy atom. The van der Waals surface area contributed by atoms with E-state index in [1.54, 1.807) is 47.6 Å². The Morgan fingerprint density at radius 2 is 1.80 bits per heavy atom. The monoisotopic (exact) mass is 555 g/mol. The number of fused-ring (bicyclic) bond motifs is 1. The third kappa shape index (κ3) is 5.06. The van der Waals surface area contributed by atoms with Gasteiger partial charge in [0.2, 0.25) is 5.91 Å². The molecule has 1 fully saturated rings. The number of rotatable bonds is 6. The van der Waals surface area contributed by atoms with Gasteiger partial charge in [0.1, 0.15) is 16.7 Å². The number of nitrogens with zero attached hydrogens (tertiary/aromatic N) is 2. The number of halogens is 1. The Balaban J connectivity index is 1.61. The van der Waals surface area contributed by atoms with Gasteiger partial charge in [0.05, 0.1) is 12.8 Å². The Labute approximate surface area is 213 Å². The number of carbonyl (C=O) groups is 1. The summed E-state index contributed by atoms with van der Waals surface area (Å²) >= 11 is 3.47. The molecule has 3 aromatic rings. The average molecular weight is 556 g/mol. The van der Waals surface area contributed by atoms with Crippen molar-refractivity contribution in [1.82, 2.24) is 10.2 Å². The molecule has 0 bridgehead atoms. The van der Waals surface area contributed by atoms with E-state index < -0.39 is 16.1 Å². The van der Waals surface area contributed by atoms with Crippen molar-refractivity contribution in [2.45, 2.75) is 55.6 Å². The number of nitrogens with one attached hydrogen (secondary N) is 1. The third-order valence-electron chi connectivity index (χ3n) is 6.49. The van der Waals surface area contributed by atoms with Crippen molar-refractivity contribution in [3.05, 3.63) is 88.3 Å². The van der Waals surface area contributed by atoms with E-state index in [9.17, 15) is 13.2 Å². The zero-order valence-electron chi connectivity index (χ0n) is 19.1. The number of hydrogen-bond donors (Lipinski definition) is 1. The minimum absolute atomic E-state index is 0.0983. The summed E-state index contributed by atoms with van der Waals surface area (Å²) in [5.74, 6) is 0.654.